The van der Waals surface area contributed by atoms with E-state index >= 15 is 0 Å². The Labute approximate surface area is 68.0 Å². The summed E-state index contributed by atoms with van der Waals surface area (Å²) in [6.07, 6.45) is 1.01. The van der Waals surface area contributed by atoms with Crippen molar-refractivity contribution in [1.82, 2.24) is 0 Å². The highest BCUT2D eigenvalue weighted by atomic mass is 16.5. The van der Waals surface area contributed by atoms with E-state index in [1.54, 1.807) is 7.11 Å². The molecule has 1 rings (SSSR count). The Bertz CT molecular complexity index is 201. The third-order valence-corrected chi connectivity index (χ3v) is 1.72. The largest absolute Gasteiger partial charge is 0.384 e. The summed E-state index contributed by atoms with van der Waals surface area (Å²) in [7, 11) is 1.73. The van der Waals surface area contributed by atoms with E-state index < -0.39 is 0 Å². The maximum atomic E-state index is 4.98. The number of aryl methyl sites for hydroxylation is 1. The van der Waals surface area contributed by atoms with Gasteiger partial charge in [0.05, 0.1) is 6.61 Å². The van der Waals surface area contributed by atoms with Gasteiger partial charge in [0, 0.05) is 7.11 Å². The lowest BCUT2D eigenvalue weighted by atomic mass is 10.1. The fourth-order valence-corrected chi connectivity index (χ4v) is 0.975. The smallest absolute Gasteiger partial charge is 0.0502 e. The van der Waals surface area contributed by atoms with Crippen LogP contribution < -0.4 is 0 Å². The third-order valence-electron chi connectivity index (χ3n) is 1.72. The Kier molecular flexibility index (Phi) is 3.12. The second-order valence-electron chi connectivity index (χ2n) is 2.73. The summed E-state index contributed by atoms with van der Waals surface area (Å²) >= 11 is 0. The molecule has 1 heteroatoms. The summed E-state index contributed by atoms with van der Waals surface area (Å²) in [4.78, 5) is 0. The van der Waals surface area contributed by atoms with Gasteiger partial charge >= 0.3 is 0 Å². The second-order valence-corrected chi connectivity index (χ2v) is 2.73. The number of hydrogen-bond acceptors (Lipinski definition) is 1. The van der Waals surface area contributed by atoms with Crippen molar-refractivity contribution in [3.63, 3.8) is 0 Å². The Hall–Kier alpha value is -0.820. The van der Waals surface area contributed by atoms with Gasteiger partial charge < -0.3 is 4.74 Å². The van der Waals surface area contributed by atoms with Crippen LogP contribution in [-0.4, -0.2) is 13.7 Å². The second kappa shape index (κ2) is 4.14. The lowest BCUT2D eigenvalue weighted by Gasteiger charge is -1.99. The Balaban J connectivity index is 2.52. The molecule has 1 aromatic rings. The molecule has 0 fully saturated rings. The molecule has 0 atom stereocenters. The average molecular weight is 150 g/mol. The molecule has 0 heterocycles. The molecule has 0 aliphatic rings. The first-order chi connectivity index (χ1) is 5.33. The summed E-state index contributed by atoms with van der Waals surface area (Å²) in [5.41, 5.74) is 2.66. The van der Waals surface area contributed by atoms with E-state index in [1.165, 1.54) is 11.1 Å². The molecule has 0 aliphatic carbocycles. The Morgan fingerprint density at radius 2 is 1.82 bits per heavy atom. The molecule has 0 saturated heterocycles. The van der Waals surface area contributed by atoms with Crippen molar-refractivity contribution in [2.24, 2.45) is 0 Å². The molecule has 0 saturated carbocycles. The monoisotopic (exact) mass is 150 g/mol. The molecule has 0 N–H and O–H groups in total. The Morgan fingerprint density at radius 3 is 2.36 bits per heavy atom. The van der Waals surface area contributed by atoms with Gasteiger partial charge in [0.2, 0.25) is 0 Å². The summed E-state index contributed by atoms with van der Waals surface area (Å²) in [6, 6.07) is 8.55. The molecule has 0 radical (unpaired) electrons. The number of ether oxygens (including phenoxy) is 1. The minimum absolute atomic E-state index is 0.809. The van der Waals surface area contributed by atoms with E-state index in [9.17, 15) is 0 Å². The number of hydrogen-bond donors (Lipinski definition) is 0. The van der Waals surface area contributed by atoms with Crippen LogP contribution in [0.1, 0.15) is 11.1 Å². The van der Waals surface area contributed by atoms with Crippen LogP contribution in [0, 0.1) is 6.92 Å². The predicted octanol–water partition coefficient (Wildman–Crippen LogP) is 2.18. The lowest BCUT2D eigenvalue weighted by molar-refractivity contribution is 0.202. The van der Waals surface area contributed by atoms with Crippen LogP contribution in [0.3, 0.4) is 0 Å². The van der Waals surface area contributed by atoms with E-state index in [4.69, 9.17) is 4.74 Å². The van der Waals surface area contributed by atoms with Crippen molar-refractivity contribution in [3.05, 3.63) is 35.4 Å². The van der Waals surface area contributed by atoms with Crippen LogP contribution >= 0.6 is 0 Å². The molecule has 0 bridgehead atoms. The van der Waals surface area contributed by atoms with Crippen LogP contribution in [-0.2, 0) is 11.2 Å². The summed E-state index contributed by atoms with van der Waals surface area (Å²) in [6.45, 7) is 2.91. The topological polar surface area (TPSA) is 9.23 Å². The highest BCUT2D eigenvalue weighted by Gasteiger charge is 1.90. The standard InChI is InChI=1S/C10H14O/c1-9-3-5-10(6-4-9)7-8-11-2/h3-6H,7-8H2,1-2H3. The molecule has 11 heavy (non-hydrogen) atoms. The fraction of sp³-hybridized carbons (Fsp3) is 0.400. The molecule has 0 spiro atoms. The summed E-state index contributed by atoms with van der Waals surface area (Å²) in [5, 5.41) is 0. The highest BCUT2D eigenvalue weighted by Crippen LogP contribution is 2.03. The lowest BCUT2D eigenvalue weighted by Crippen LogP contribution is -1.93. The van der Waals surface area contributed by atoms with Crippen molar-refractivity contribution in [2.45, 2.75) is 13.3 Å². The van der Waals surface area contributed by atoms with Crippen LogP contribution in [0.15, 0.2) is 24.3 Å². The highest BCUT2D eigenvalue weighted by molar-refractivity contribution is 5.21. The van der Waals surface area contributed by atoms with Crippen LogP contribution in [0.5, 0.6) is 0 Å². The van der Waals surface area contributed by atoms with Gasteiger partial charge in [0.25, 0.3) is 0 Å². The first kappa shape index (κ1) is 8.28. The molecule has 60 valence electrons. The minimum atomic E-state index is 0.809. The number of benzene rings is 1. The molecule has 0 aromatic heterocycles. The SMILES string of the molecule is COCCc1ccc(C)cc1. The molecular weight excluding hydrogens is 136 g/mol. The van der Waals surface area contributed by atoms with E-state index in [0.717, 1.165) is 13.0 Å². The van der Waals surface area contributed by atoms with Gasteiger partial charge in [0.15, 0.2) is 0 Å². The fourth-order valence-electron chi connectivity index (χ4n) is 0.975. The molecule has 0 aliphatic heterocycles. The maximum absolute atomic E-state index is 4.98. The Morgan fingerprint density at radius 1 is 1.18 bits per heavy atom. The zero-order valence-corrected chi connectivity index (χ0v) is 7.13. The van der Waals surface area contributed by atoms with Crippen molar-refractivity contribution in [1.29, 1.82) is 0 Å². The van der Waals surface area contributed by atoms with E-state index in [2.05, 4.69) is 31.2 Å². The van der Waals surface area contributed by atoms with Gasteiger partial charge in [-0.2, -0.15) is 0 Å². The van der Waals surface area contributed by atoms with Crippen LogP contribution in [0.4, 0.5) is 0 Å². The van der Waals surface area contributed by atoms with E-state index in [-0.39, 0.29) is 0 Å². The predicted molar refractivity (Wildman–Crippen MR) is 46.8 cm³/mol. The van der Waals surface area contributed by atoms with Gasteiger partial charge in [-0.15, -0.1) is 0 Å². The van der Waals surface area contributed by atoms with Crippen LogP contribution in [0.25, 0.3) is 0 Å². The quantitative estimate of drug-likeness (QED) is 0.641. The van der Waals surface area contributed by atoms with Gasteiger partial charge in [-0.3, -0.25) is 0 Å². The molecule has 1 nitrogen and oxygen atoms in total. The number of methoxy groups -OCH3 is 1. The van der Waals surface area contributed by atoms with Gasteiger partial charge in [-0.1, -0.05) is 29.8 Å². The van der Waals surface area contributed by atoms with E-state index in [0.29, 0.717) is 0 Å². The van der Waals surface area contributed by atoms with Gasteiger partial charge in [0.1, 0.15) is 0 Å². The minimum Gasteiger partial charge on any atom is -0.384 e. The van der Waals surface area contributed by atoms with Gasteiger partial charge in [-0.05, 0) is 18.9 Å². The van der Waals surface area contributed by atoms with Gasteiger partial charge in [-0.25, -0.2) is 0 Å². The zero-order chi connectivity index (χ0) is 8.10. The van der Waals surface area contributed by atoms with Crippen molar-refractivity contribution >= 4 is 0 Å². The molecule has 1 aromatic carbocycles. The molecular formula is C10H14O. The van der Waals surface area contributed by atoms with Crippen molar-refractivity contribution < 1.29 is 4.74 Å². The number of rotatable bonds is 3. The van der Waals surface area contributed by atoms with Crippen molar-refractivity contribution in [3.8, 4) is 0 Å². The zero-order valence-electron chi connectivity index (χ0n) is 7.13. The first-order valence-electron chi connectivity index (χ1n) is 3.87. The summed E-state index contributed by atoms with van der Waals surface area (Å²) in [5.74, 6) is 0. The molecule has 0 amide bonds. The molecule has 0 unspecified atom stereocenters. The third kappa shape index (κ3) is 2.72. The van der Waals surface area contributed by atoms with E-state index in [1.807, 2.05) is 0 Å². The first-order valence-corrected chi connectivity index (χ1v) is 3.87. The van der Waals surface area contributed by atoms with Crippen LogP contribution in [0.2, 0.25) is 0 Å². The normalized spacial score (nSPS) is 10.0. The maximum Gasteiger partial charge on any atom is 0.0502 e. The summed E-state index contributed by atoms with van der Waals surface area (Å²) < 4.78 is 4.98. The van der Waals surface area contributed by atoms with Crippen molar-refractivity contribution in [2.75, 3.05) is 13.7 Å². The average Bonchev–Trinajstić information content (AvgIpc) is 2.04.